The number of aromatic nitrogens is 2. The molecule has 1 aromatic heterocycles. The van der Waals surface area contributed by atoms with E-state index >= 15 is 0 Å². The first kappa shape index (κ1) is 10.6. The average Bonchev–Trinajstić information content (AvgIpc) is 2.87. The van der Waals surface area contributed by atoms with E-state index in [4.69, 9.17) is 4.84 Å². The first-order valence-electron chi connectivity index (χ1n) is 4.78. The van der Waals surface area contributed by atoms with Crippen LogP contribution in [0.25, 0.3) is 0 Å². The molecule has 0 bridgehead atoms. The third-order valence-electron chi connectivity index (χ3n) is 2.14. The van der Waals surface area contributed by atoms with E-state index < -0.39 is 4.92 Å². The Morgan fingerprint density at radius 3 is 3.06 bits per heavy atom. The molecule has 2 rings (SSSR count). The maximum atomic E-state index is 11.6. The summed E-state index contributed by atoms with van der Waals surface area (Å²) in [4.78, 5) is 26.4. The van der Waals surface area contributed by atoms with Crippen LogP contribution >= 0.6 is 0 Å². The molecule has 0 aromatic carbocycles. The van der Waals surface area contributed by atoms with Gasteiger partial charge in [0, 0.05) is 0 Å². The monoisotopic (exact) mass is 226 g/mol. The topological polar surface area (TPSA) is 90.5 Å². The predicted octanol–water partition coefficient (Wildman–Crippen LogP) is -0.0448. The van der Waals surface area contributed by atoms with E-state index in [9.17, 15) is 14.9 Å². The summed E-state index contributed by atoms with van der Waals surface area (Å²) >= 11 is 0. The highest BCUT2D eigenvalue weighted by molar-refractivity contribution is 5.74. The van der Waals surface area contributed by atoms with E-state index in [1.165, 1.54) is 22.0 Å². The molecule has 8 nitrogen and oxygen atoms in total. The van der Waals surface area contributed by atoms with Gasteiger partial charge in [-0.1, -0.05) is 0 Å². The second-order valence-corrected chi connectivity index (χ2v) is 3.31. The molecule has 0 unspecified atom stereocenters. The summed E-state index contributed by atoms with van der Waals surface area (Å²) in [5, 5.41) is 15.3. The van der Waals surface area contributed by atoms with Gasteiger partial charge in [-0.05, 0) is 11.3 Å². The molecular formula is C8H10N4O4. The van der Waals surface area contributed by atoms with Crippen LogP contribution in [-0.2, 0) is 16.2 Å². The number of amides is 1. The highest BCUT2D eigenvalue weighted by Crippen LogP contribution is 2.08. The van der Waals surface area contributed by atoms with Crippen molar-refractivity contribution < 1.29 is 14.6 Å². The molecule has 8 heteroatoms. The molecule has 1 aliphatic heterocycles. The molecule has 1 aromatic rings. The Bertz CT molecular complexity index is 410. The van der Waals surface area contributed by atoms with Crippen LogP contribution in [0.3, 0.4) is 0 Å². The molecule has 0 radical (unpaired) electrons. The van der Waals surface area contributed by atoms with E-state index in [-0.39, 0.29) is 18.3 Å². The summed E-state index contributed by atoms with van der Waals surface area (Å²) in [5.41, 5.74) is 0. The molecule has 0 aliphatic carbocycles. The minimum Gasteiger partial charge on any atom is -0.358 e. The van der Waals surface area contributed by atoms with Gasteiger partial charge in [-0.25, -0.2) is 5.06 Å². The van der Waals surface area contributed by atoms with E-state index in [2.05, 4.69) is 5.10 Å². The zero-order valence-corrected chi connectivity index (χ0v) is 8.40. The largest absolute Gasteiger partial charge is 0.389 e. The molecule has 1 amide bonds. The third-order valence-corrected chi connectivity index (χ3v) is 2.14. The van der Waals surface area contributed by atoms with Crippen molar-refractivity contribution in [2.45, 2.75) is 13.0 Å². The minimum atomic E-state index is -0.604. The molecule has 0 N–H and O–H groups in total. The van der Waals surface area contributed by atoms with Crippen LogP contribution in [0, 0.1) is 10.1 Å². The Kier molecular flexibility index (Phi) is 2.82. The molecule has 86 valence electrons. The van der Waals surface area contributed by atoms with Gasteiger partial charge >= 0.3 is 5.82 Å². The van der Waals surface area contributed by atoms with Crippen molar-refractivity contribution in [1.29, 1.82) is 0 Å². The van der Waals surface area contributed by atoms with Gasteiger partial charge in [0.15, 0.2) is 0 Å². The van der Waals surface area contributed by atoms with Gasteiger partial charge in [0.25, 0.3) is 5.91 Å². The normalized spacial score (nSPS) is 15.4. The summed E-state index contributed by atoms with van der Waals surface area (Å²) in [6, 6.07) is 1.25. The van der Waals surface area contributed by atoms with Crippen molar-refractivity contribution in [3.8, 4) is 0 Å². The van der Waals surface area contributed by atoms with Crippen LogP contribution in [0.2, 0.25) is 0 Å². The van der Waals surface area contributed by atoms with Crippen LogP contribution in [0.15, 0.2) is 12.3 Å². The van der Waals surface area contributed by atoms with Crippen LogP contribution in [-0.4, -0.2) is 38.8 Å². The van der Waals surface area contributed by atoms with Gasteiger partial charge in [-0.3, -0.25) is 9.63 Å². The summed E-state index contributed by atoms with van der Waals surface area (Å²) in [6.45, 7) is 1.04. The summed E-state index contributed by atoms with van der Waals surface area (Å²) < 4.78 is 1.22. The first-order valence-corrected chi connectivity index (χ1v) is 4.78. The molecule has 1 fully saturated rings. The Morgan fingerprint density at radius 1 is 1.69 bits per heavy atom. The lowest BCUT2D eigenvalue weighted by molar-refractivity contribution is -0.389. The second-order valence-electron chi connectivity index (χ2n) is 3.31. The fraction of sp³-hybridized carbons (Fsp3) is 0.500. The first-order chi connectivity index (χ1) is 7.66. The van der Waals surface area contributed by atoms with Crippen LogP contribution in [0.5, 0.6) is 0 Å². The lowest BCUT2D eigenvalue weighted by atomic mass is 10.4. The minimum absolute atomic E-state index is 0.0478. The van der Waals surface area contributed by atoms with Crippen LogP contribution in [0.4, 0.5) is 5.82 Å². The summed E-state index contributed by atoms with van der Waals surface area (Å²) in [5.74, 6) is -0.523. The van der Waals surface area contributed by atoms with Crippen molar-refractivity contribution in [2.24, 2.45) is 0 Å². The van der Waals surface area contributed by atoms with Gasteiger partial charge in [-0.15, -0.1) is 0 Å². The van der Waals surface area contributed by atoms with Crippen LogP contribution in [0.1, 0.15) is 6.42 Å². The third kappa shape index (κ3) is 2.16. The average molecular weight is 226 g/mol. The Balaban J connectivity index is 1.97. The molecular weight excluding hydrogens is 216 g/mol. The smallest absolute Gasteiger partial charge is 0.358 e. The predicted molar refractivity (Wildman–Crippen MR) is 51.2 cm³/mol. The number of carbonyl (C=O) groups is 1. The lowest BCUT2D eigenvalue weighted by Gasteiger charge is -2.12. The summed E-state index contributed by atoms with van der Waals surface area (Å²) in [6.07, 6.45) is 2.21. The fourth-order valence-corrected chi connectivity index (χ4v) is 1.40. The number of hydrogen-bond donors (Lipinski definition) is 0. The van der Waals surface area contributed by atoms with E-state index in [1.807, 2.05) is 0 Å². The molecule has 16 heavy (non-hydrogen) atoms. The molecule has 1 saturated heterocycles. The fourth-order valence-electron chi connectivity index (χ4n) is 1.40. The Hall–Kier alpha value is -1.96. The maximum Gasteiger partial charge on any atom is 0.389 e. The lowest BCUT2D eigenvalue weighted by Crippen LogP contribution is -2.30. The van der Waals surface area contributed by atoms with E-state index in [0.29, 0.717) is 13.2 Å². The number of nitro groups is 1. The molecule has 0 spiro atoms. The van der Waals surface area contributed by atoms with E-state index in [0.717, 1.165) is 6.42 Å². The standard InChI is InChI=1S/C8H10N4O4/c13-8(11-3-1-5-16-11)6-10-4-2-7(9-10)12(14)15/h2,4H,1,3,5-6H2. The van der Waals surface area contributed by atoms with Gasteiger partial charge in [0.05, 0.1) is 30.5 Å². The number of hydroxylamine groups is 2. The number of carbonyl (C=O) groups excluding carboxylic acids is 1. The number of nitrogens with zero attached hydrogens (tertiary/aromatic N) is 4. The van der Waals surface area contributed by atoms with Crippen molar-refractivity contribution in [1.82, 2.24) is 14.8 Å². The second kappa shape index (κ2) is 4.27. The molecule has 2 heterocycles. The number of rotatable bonds is 3. The highest BCUT2D eigenvalue weighted by atomic mass is 16.7. The SMILES string of the molecule is O=C(Cn1ccc([N+](=O)[O-])n1)N1CCCO1. The van der Waals surface area contributed by atoms with Crippen molar-refractivity contribution in [2.75, 3.05) is 13.2 Å². The number of hydrogen-bond acceptors (Lipinski definition) is 5. The van der Waals surface area contributed by atoms with Gasteiger partial charge in [-0.2, -0.15) is 4.68 Å². The highest BCUT2D eigenvalue weighted by Gasteiger charge is 2.21. The summed E-state index contributed by atoms with van der Waals surface area (Å²) in [7, 11) is 0. The van der Waals surface area contributed by atoms with Crippen LogP contribution < -0.4 is 0 Å². The zero-order valence-electron chi connectivity index (χ0n) is 8.40. The van der Waals surface area contributed by atoms with E-state index in [1.54, 1.807) is 0 Å². The Labute approximate surface area is 90.5 Å². The molecule has 0 atom stereocenters. The zero-order chi connectivity index (χ0) is 11.5. The van der Waals surface area contributed by atoms with Gasteiger partial charge in [0.1, 0.15) is 6.54 Å². The maximum absolute atomic E-state index is 11.6. The molecule has 0 saturated carbocycles. The van der Waals surface area contributed by atoms with Crippen molar-refractivity contribution in [3.63, 3.8) is 0 Å². The van der Waals surface area contributed by atoms with Gasteiger partial charge in [0.2, 0.25) is 0 Å². The quantitative estimate of drug-likeness (QED) is 0.532. The van der Waals surface area contributed by atoms with Crippen molar-refractivity contribution in [3.05, 3.63) is 22.4 Å². The van der Waals surface area contributed by atoms with Gasteiger partial charge < -0.3 is 10.1 Å². The molecule has 1 aliphatic rings. The Morgan fingerprint density at radius 2 is 2.50 bits per heavy atom. The van der Waals surface area contributed by atoms with Crippen molar-refractivity contribution >= 4 is 11.7 Å².